The topological polar surface area (TPSA) is 44.4 Å². The van der Waals surface area contributed by atoms with E-state index in [1.807, 2.05) is 30.3 Å². The lowest BCUT2D eigenvalue weighted by atomic mass is 10.2. The molecule has 0 aromatic heterocycles. The quantitative estimate of drug-likeness (QED) is 0.571. The number of nitrogens with zero attached hydrogens (tertiary/aromatic N) is 1. The summed E-state index contributed by atoms with van der Waals surface area (Å²) in [4.78, 5) is 11.3. The van der Waals surface area contributed by atoms with Crippen molar-refractivity contribution < 1.29 is 4.79 Å². The molecular formula is C9H10ClN3O. The van der Waals surface area contributed by atoms with Crippen molar-refractivity contribution in [3.05, 3.63) is 35.9 Å². The molecule has 74 valence electrons. The third kappa shape index (κ3) is 1.97. The van der Waals surface area contributed by atoms with E-state index in [1.54, 1.807) is 0 Å². The third-order valence-electron chi connectivity index (χ3n) is 1.95. The molecule has 1 aliphatic heterocycles. The van der Waals surface area contributed by atoms with E-state index in [9.17, 15) is 4.79 Å². The van der Waals surface area contributed by atoms with E-state index < -0.39 is 5.62 Å². The van der Waals surface area contributed by atoms with Crippen LogP contribution in [0.5, 0.6) is 0 Å². The Labute approximate surface area is 86.8 Å². The normalized spacial score (nSPS) is 21.1. The number of alkyl halides is 1. The number of benzene rings is 1. The smallest absolute Gasteiger partial charge is 0.307 e. The van der Waals surface area contributed by atoms with E-state index in [0.29, 0.717) is 6.54 Å². The molecule has 1 aromatic carbocycles. The minimum absolute atomic E-state index is 0.200. The number of urea groups is 1. The fourth-order valence-corrected chi connectivity index (χ4v) is 1.51. The molecule has 0 saturated carbocycles. The van der Waals surface area contributed by atoms with Crippen LogP contribution in [0.4, 0.5) is 4.79 Å². The molecule has 1 saturated heterocycles. The number of carbonyl (C=O) groups excluding carboxylic acids is 1. The molecule has 0 radical (unpaired) electrons. The molecule has 1 aliphatic rings. The summed E-state index contributed by atoms with van der Waals surface area (Å²) in [5, 5.41) is 3.98. The van der Waals surface area contributed by atoms with Crippen LogP contribution < -0.4 is 10.7 Å². The van der Waals surface area contributed by atoms with Gasteiger partial charge in [-0.25, -0.2) is 4.79 Å². The van der Waals surface area contributed by atoms with Crippen LogP contribution in [0.2, 0.25) is 0 Å². The highest BCUT2D eigenvalue weighted by molar-refractivity contribution is 6.21. The van der Waals surface area contributed by atoms with Gasteiger partial charge in [-0.05, 0) is 5.56 Å². The minimum Gasteiger partial charge on any atom is -0.307 e. The lowest BCUT2D eigenvalue weighted by Crippen LogP contribution is -2.34. The number of halogens is 1. The SMILES string of the molecule is O=C1NC(Cl)NN1Cc1ccccc1. The van der Waals surface area contributed by atoms with Crippen molar-refractivity contribution in [2.75, 3.05) is 0 Å². The molecule has 2 N–H and O–H groups in total. The number of rotatable bonds is 2. The summed E-state index contributed by atoms with van der Waals surface area (Å²) >= 11 is 5.68. The van der Waals surface area contributed by atoms with E-state index >= 15 is 0 Å². The number of hydrogen-bond acceptors (Lipinski definition) is 2. The van der Waals surface area contributed by atoms with Crippen molar-refractivity contribution >= 4 is 17.6 Å². The van der Waals surface area contributed by atoms with Crippen LogP contribution in [0.3, 0.4) is 0 Å². The van der Waals surface area contributed by atoms with Crippen LogP contribution in [0.1, 0.15) is 5.56 Å². The highest BCUT2D eigenvalue weighted by atomic mass is 35.5. The molecule has 4 nitrogen and oxygen atoms in total. The molecule has 2 rings (SSSR count). The lowest BCUT2D eigenvalue weighted by molar-refractivity contribution is 0.197. The van der Waals surface area contributed by atoms with Crippen LogP contribution in [-0.2, 0) is 6.54 Å². The second kappa shape index (κ2) is 3.86. The molecule has 0 bridgehead atoms. The second-order valence-corrected chi connectivity index (χ2v) is 3.45. The Morgan fingerprint density at radius 2 is 2.07 bits per heavy atom. The first kappa shape index (κ1) is 9.30. The average molecular weight is 212 g/mol. The van der Waals surface area contributed by atoms with Gasteiger partial charge < -0.3 is 5.32 Å². The Kier molecular flexibility index (Phi) is 2.56. The molecule has 14 heavy (non-hydrogen) atoms. The largest absolute Gasteiger partial charge is 0.334 e. The van der Waals surface area contributed by atoms with Crippen molar-refractivity contribution in [3.8, 4) is 0 Å². The summed E-state index contributed by atoms with van der Waals surface area (Å²) in [6.45, 7) is 0.510. The predicted molar refractivity (Wildman–Crippen MR) is 53.3 cm³/mol. The first-order chi connectivity index (χ1) is 6.75. The van der Waals surface area contributed by atoms with Gasteiger partial charge in [-0.2, -0.15) is 5.43 Å². The Hall–Kier alpha value is -1.26. The van der Waals surface area contributed by atoms with Crippen LogP contribution in [0.15, 0.2) is 30.3 Å². The molecule has 1 fully saturated rings. The maximum absolute atomic E-state index is 11.3. The Bertz CT molecular complexity index is 330. The first-order valence-electron chi connectivity index (χ1n) is 4.28. The maximum Gasteiger partial charge on any atom is 0.334 e. The Morgan fingerprint density at radius 3 is 2.64 bits per heavy atom. The molecule has 2 amide bonds. The van der Waals surface area contributed by atoms with Gasteiger partial charge in [0.15, 0.2) is 5.62 Å². The van der Waals surface area contributed by atoms with Gasteiger partial charge in [-0.15, -0.1) is 0 Å². The molecule has 1 unspecified atom stereocenters. The molecule has 0 aliphatic carbocycles. The number of hydrogen-bond donors (Lipinski definition) is 2. The summed E-state index contributed by atoms with van der Waals surface area (Å²) in [6, 6.07) is 9.51. The number of nitrogens with one attached hydrogen (secondary N) is 2. The number of carbonyl (C=O) groups is 1. The van der Waals surface area contributed by atoms with E-state index in [4.69, 9.17) is 11.6 Å². The summed E-state index contributed by atoms with van der Waals surface area (Å²) in [5.41, 5.74) is 3.34. The summed E-state index contributed by atoms with van der Waals surface area (Å²) in [7, 11) is 0. The van der Waals surface area contributed by atoms with Crippen molar-refractivity contribution in [1.82, 2.24) is 15.8 Å². The van der Waals surface area contributed by atoms with Gasteiger partial charge in [-0.1, -0.05) is 41.9 Å². The van der Waals surface area contributed by atoms with Gasteiger partial charge in [-0.3, -0.25) is 5.01 Å². The molecular weight excluding hydrogens is 202 g/mol. The van der Waals surface area contributed by atoms with Gasteiger partial charge >= 0.3 is 6.03 Å². The second-order valence-electron chi connectivity index (χ2n) is 3.01. The Balaban J connectivity index is 2.02. The van der Waals surface area contributed by atoms with E-state index in [1.165, 1.54) is 5.01 Å². The van der Waals surface area contributed by atoms with Gasteiger partial charge in [0.05, 0.1) is 6.54 Å². The van der Waals surface area contributed by atoms with Gasteiger partial charge in [0.25, 0.3) is 0 Å². The van der Waals surface area contributed by atoms with Crippen LogP contribution in [-0.4, -0.2) is 16.7 Å². The third-order valence-corrected chi connectivity index (χ3v) is 2.15. The fraction of sp³-hybridized carbons (Fsp3) is 0.222. The zero-order valence-corrected chi connectivity index (χ0v) is 8.16. The summed E-state index contributed by atoms with van der Waals surface area (Å²) in [6.07, 6.45) is 0. The number of hydrazine groups is 1. The van der Waals surface area contributed by atoms with Gasteiger partial charge in [0.1, 0.15) is 0 Å². The number of amides is 2. The zero-order valence-electron chi connectivity index (χ0n) is 7.40. The first-order valence-corrected chi connectivity index (χ1v) is 4.71. The Morgan fingerprint density at radius 1 is 1.36 bits per heavy atom. The van der Waals surface area contributed by atoms with Crippen LogP contribution >= 0.6 is 11.6 Å². The minimum atomic E-state index is -0.508. The van der Waals surface area contributed by atoms with E-state index in [0.717, 1.165) is 5.56 Å². The molecule has 5 heteroatoms. The highest BCUT2D eigenvalue weighted by Gasteiger charge is 2.25. The van der Waals surface area contributed by atoms with Crippen molar-refractivity contribution in [1.29, 1.82) is 0 Å². The van der Waals surface area contributed by atoms with Crippen molar-refractivity contribution in [2.45, 2.75) is 12.2 Å². The predicted octanol–water partition coefficient (Wildman–Crippen LogP) is 1.24. The van der Waals surface area contributed by atoms with E-state index in [2.05, 4.69) is 10.7 Å². The fourth-order valence-electron chi connectivity index (χ4n) is 1.30. The lowest BCUT2D eigenvalue weighted by Gasteiger charge is -2.13. The summed E-state index contributed by atoms with van der Waals surface area (Å²) in [5.74, 6) is 0. The molecule has 1 atom stereocenters. The molecule has 1 aromatic rings. The van der Waals surface area contributed by atoms with Gasteiger partial charge in [0.2, 0.25) is 0 Å². The van der Waals surface area contributed by atoms with Gasteiger partial charge in [0, 0.05) is 0 Å². The molecule has 1 heterocycles. The van der Waals surface area contributed by atoms with Crippen LogP contribution in [0.25, 0.3) is 0 Å². The standard InChI is InChI=1S/C9H10ClN3O/c10-8-11-9(14)13(12-8)6-7-4-2-1-3-5-7/h1-5,8,12H,6H2,(H,11,14). The maximum atomic E-state index is 11.3. The highest BCUT2D eigenvalue weighted by Crippen LogP contribution is 2.07. The average Bonchev–Trinajstić information content (AvgIpc) is 2.47. The molecule has 0 spiro atoms. The zero-order chi connectivity index (χ0) is 9.97. The van der Waals surface area contributed by atoms with E-state index in [-0.39, 0.29) is 6.03 Å². The van der Waals surface area contributed by atoms with Crippen molar-refractivity contribution in [2.24, 2.45) is 0 Å². The summed E-state index contributed by atoms with van der Waals surface area (Å²) < 4.78 is 0. The monoisotopic (exact) mass is 211 g/mol. The van der Waals surface area contributed by atoms with Crippen LogP contribution in [0, 0.1) is 0 Å². The van der Waals surface area contributed by atoms with Crippen molar-refractivity contribution in [3.63, 3.8) is 0 Å².